The molecule has 10 heteroatoms. The predicted octanol–water partition coefficient (Wildman–Crippen LogP) is 3.47. The number of carbonyl (C=O) groups excluding carboxylic acids is 2. The van der Waals surface area contributed by atoms with E-state index in [1.165, 1.54) is 25.6 Å². The molecule has 1 saturated carbocycles. The molecule has 2 aliphatic rings. The Bertz CT molecular complexity index is 1350. The number of carbonyl (C=O) groups is 2. The second kappa shape index (κ2) is 9.74. The number of aromatic nitrogens is 3. The number of nitrogens with one attached hydrogen (secondary N) is 2. The zero-order valence-electron chi connectivity index (χ0n) is 21.6. The molecule has 9 nitrogen and oxygen atoms in total. The Balaban J connectivity index is 1.45. The summed E-state index contributed by atoms with van der Waals surface area (Å²) in [6, 6.07) is 4.13. The van der Waals surface area contributed by atoms with Crippen molar-refractivity contribution >= 4 is 22.8 Å². The van der Waals surface area contributed by atoms with Crippen molar-refractivity contribution < 1.29 is 23.5 Å². The third-order valence-corrected chi connectivity index (χ3v) is 7.24. The van der Waals surface area contributed by atoms with Gasteiger partial charge in [0.1, 0.15) is 35.7 Å². The average Bonchev–Trinajstić information content (AvgIpc) is 3.54. The minimum Gasteiger partial charge on any atom is -0.493 e. The summed E-state index contributed by atoms with van der Waals surface area (Å²) in [7, 11) is 1.49. The number of aryl methyl sites for hydroxylation is 1. The van der Waals surface area contributed by atoms with Crippen LogP contribution < -0.4 is 10.1 Å². The predicted molar refractivity (Wildman–Crippen MR) is 136 cm³/mol. The number of aromatic amines is 1. The van der Waals surface area contributed by atoms with Gasteiger partial charge in [0, 0.05) is 36.9 Å². The fourth-order valence-electron chi connectivity index (χ4n) is 4.92. The summed E-state index contributed by atoms with van der Waals surface area (Å²) in [5.41, 5.74) is 2.65. The summed E-state index contributed by atoms with van der Waals surface area (Å²) in [4.78, 5) is 39.7. The lowest BCUT2D eigenvalue weighted by Crippen LogP contribution is -2.44. The summed E-state index contributed by atoms with van der Waals surface area (Å²) in [5.74, 6) is 0.268. The summed E-state index contributed by atoms with van der Waals surface area (Å²) < 4.78 is 25.3. The largest absolute Gasteiger partial charge is 0.493 e. The lowest BCUT2D eigenvalue weighted by molar-refractivity contribution is -0.134. The third kappa shape index (κ3) is 5.02. The van der Waals surface area contributed by atoms with Gasteiger partial charge in [-0.05, 0) is 43.9 Å². The van der Waals surface area contributed by atoms with Crippen LogP contribution in [0.2, 0.25) is 0 Å². The molecule has 1 unspecified atom stereocenters. The van der Waals surface area contributed by atoms with Gasteiger partial charge in [0.25, 0.3) is 5.91 Å². The van der Waals surface area contributed by atoms with E-state index in [9.17, 15) is 14.0 Å². The maximum atomic E-state index is 14.3. The first-order valence-corrected chi connectivity index (χ1v) is 12.5. The molecule has 0 bridgehead atoms. The molecule has 3 heterocycles. The number of H-pyrrole nitrogens is 1. The third-order valence-electron chi connectivity index (χ3n) is 7.24. The molecule has 2 amide bonds. The van der Waals surface area contributed by atoms with Crippen LogP contribution in [0.3, 0.4) is 0 Å². The molecular weight excluding hydrogens is 477 g/mol. The molecule has 3 aromatic rings. The van der Waals surface area contributed by atoms with Crippen LogP contribution >= 0.6 is 0 Å². The van der Waals surface area contributed by atoms with Crippen molar-refractivity contribution in [3.63, 3.8) is 0 Å². The topological polar surface area (TPSA) is 109 Å². The van der Waals surface area contributed by atoms with Crippen molar-refractivity contribution in [3.8, 4) is 17.0 Å². The van der Waals surface area contributed by atoms with Gasteiger partial charge in [0.15, 0.2) is 0 Å². The fourth-order valence-corrected chi connectivity index (χ4v) is 4.92. The normalized spacial score (nSPS) is 18.8. The van der Waals surface area contributed by atoms with Crippen LogP contribution in [0.15, 0.2) is 24.5 Å². The molecule has 2 aromatic heterocycles. The second-order valence-corrected chi connectivity index (χ2v) is 10.7. The van der Waals surface area contributed by atoms with E-state index in [4.69, 9.17) is 9.47 Å². The maximum Gasteiger partial charge on any atom is 0.255 e. The number of hydrogen-bond acceptors (Lipinski definition) is 6. The van der Waals surface area contributed by atoms with E-state index in [1.54, 1.807) is 17.9 Å². The highest BCUT2D eigenvalue weighted by molar-refractivity contribution is 6.09. The van der Waals surface area contributed by atoms with E-state index < -0.39 is 5.82 Å². The molecule has 1 atom stereocenters. The summed E-state index contributed by atoms with van der Waals surface area (Å²) in [6.07, 6.45) is 3.65. The molecule has 0 radical (unpaired) electrons. The van der Waals surface area contributed by atoms with E-state index in [2.05, 4.69) is 20.3 Å². The van der Waals surface area contributed by atoms with Gasteiger partial charge >= 0.3 is 0 Å². The van der Waals surface area contributed by atoms with E-state index >= 15 is 0 Å². The van der Waals surface area contributed by atoms with Crippen molar-refractivity contribution in [2.24, 2.45) is 11.3 Å². The van der Waals surface area contributed by atoms with Crippen molar-refractivity contribution in [1.29, 1.82) is 0 Å². The first kappa shape index (κ1) is 25.1. The van der Waals surface area contributed by atoms with Gasteiger partial charge in [0.05, 0.1) is 23.7 Å². The summed E-state index contributed by atoms with van der Waals surface area (Å²) >= 11 is 0. The van der Waals surface area contributed by atoms with Gasteiger partial charge in [-0.25, -0.2) is 14.4 Å². The Labute approximate surface area is 214 Å². The molecule has 1 aliphatic carbocycles. The maximum absolute atomic E-state index is 14.3. The Kier molecular flexibility index (Phi) is 6.61. The molecule has 5 rings (SSSR count). The first-order chi connectivity index (χ1) is 17.7. The van der Waals surface area contributed by atoms with E-state index in [-0.39, 0.29) is 29.9 Å². The van der Waals surface area contributed by atoms with Crippen LogP contribution in [0.5, 0.6) is 5.75 Å². The van der Waals surface area contributed by atoms with Gasteiger partial charge < -0.3 is 24.7 Å². The van der Waals surface area contributed by atoms with Crippen LogP contribution in [0, 0.1) is 24.1 Å². The number of benzene rings is 1. The smallest absolute Gasteiger partial charge is 0.255 e. The van der Waals surface area contributed by atoms with Crippen molar-refractivity contribution in [2.45, 2.75) is 39.7 Å². The van der Waals surface area contributed by atoms with Crippen LogP contribution in [0.4, 0.5) is 4.39 Å². The highest BCUT2D eigenvalue weighted by Crippen LogP contribution is 2.37. The zero-order chi connectivity index (χ0) is 26.3. The quantitative estimate of drug-likeness (QED) is 0.481. The van der Waals surface area contributed by atoms with Gasteiger partial charge in [-0.3, -0.25) is 9.59 Å². The lowest BCUT2D eigenvalue weighted by atomic mass is 9.87. The summed E-state index contributed by atoms with van der Waals surface area (Å²) in [5, 5.41) is 3.11. The SMILES string of the molecule is COCC(=O)N1CC(NC(=O)c2c(C)[nH]c3c(-c4cc(F)ccc4OCC4CC4)ncnc23)C(C)(C)C1. The Hall–Kier alpha value is -3.53. The number of likely N-dealkylation sites (tertiary alicyclic amines) is 1. The van der Waals surface area contributed by atoms with Crippen LogP contribution in [-0.2, 0) is 9.53 Å². The Morgan fingerprint density at radius 2 is 2.05 bits per heavy atom. The monoisotopic (exact) mass is 509 g/mol. The van der Waals surface area contributed by atoms with Gasteiger partial charge in [-0.2, -0.15) is 0 Å². The molecule has 1 saturated heterocycles. The lowest BCUT2D eigenvalue weighted by Gasteiger charge is -2.26. The highest BCUT2D eigenvalue weighted by Gasteiger charge is 2.42. The summed E-state index contributed by atoms with van der Waals surface area (Å²) in [6.45, 7) is 7.33. The molecule has 1 aliphatic heterocycles. The number of fused-ring (bicyclic) bond motifs is 1. The molecule has 0 spiro atoms. The zero-order valence-corrected chi connectivity index (χ0v) is 21.6. The van der Waals surface area contributed by atoms with Crippen molar-refractivity contribution in [1.82, 2.24) is 25.2 Å². The average molecular weight is 510 g/mol. The number of methoxy groups -OCH3 is 1. The van der Waals surface area contributed by atoms with Crippen LogP contribution in [0.25, 0.3) is 22.3 Å². The molecule has 196 valence electrons. The number of rotatable bonds is 8. The second-order valence-electron chi connectivity index (χ2n) is 10.7. The van der Waals surface area contributed by atoms with Crippen molar-refractivity contribution in [3.05, 3.63) is 41.6 Å². The number of amides is 2. The van der Waals surface area contributed by atoms with Crippen LogP contribution in [0.1, 0.15) is 42.7 Å². The minimum atomic E-state index is -0.405. The van der Waals surface area contributed by atoms with Crippen molar-refractivity contribution in [2.75, 3.05) is 33.4 Å². The first-order valence-electron chi connectivity index (χ1n) is 12.5. The molecule has 37 heavy (non-hydrogen) atoms. The minimum absolute atomic E-state index is 0.00440. The molecule has 2 N–H and O–H groups in total. The van der Waals surface area contributed by atoms with E-state index in [0.29, 0.717) is 64.9 Å². The molecular formula is C27H32FN5O4. The fraction of sp³-hybridized carbons (Fsp3) is 0.481. The highest BCUT2D eigenvalue weighted by atomic mass is 19.1. The van der Waals surface area contributed by atoms with E-state index in [0.717, 1.165) is 12.8 Å². The standard InChI is InChI=1S/C27H32FN5O4/c1-15-22(26(35)32-20-10-33(13-27(20,2)3)21(34)12-36-4)24-25(31-15)23(29-14-30-24)18-9-17(28)7-8-19(18)37-11-16-5-6-16/h7-9,14,16,20,31H,5-6,10-13H2,1-4H3,(H,32,35). The van der Waals surface area contributed by atoms with Crippen LogP contribution in [-0.4, -0.2) is 71.1 Å². The van der Waals surface area contributed by atoms with Gasteiger partial charge in [0.2, 0.25) is 5.91 Å². The molecule has 1 aromatic carbocycles. The number of hydrogen-bond donors (Lipinski definition) is 2. The Morgan fingerprint density at radius 1 is 1.27 bits per heavy atom. The number of nitrogens with zero attached hydrogens (tertiary/aromatic N) is 3. The number of ether oxygens (including phenoxy) is 2. The van der Waals surface area contributed by atoms with Gasteiger partial charge in [-0.1, -0.05) is 13.8 Å². The van der Waals surface area contributed by atoms with Gasteiger partial charge in [-0.15, -0.1) is 0 Å². The Morgan fingerprint density at radius 3 is 2.78 bits per heavy atom. The van der Waals surface area contributed by atoms with E-state index in [1.807, 2.05) is 13.8 Å². The number of halogens is 1. The molecule has 2 fully saturated rings.